The van der Waals surface area contributed by atoms with Gasteiger partial charge in [-0.05, 0) is 30.3 Å². The van der Waals surface area contributed by atoms with E-state index in [2.05, 4.69) is 31.1 Å². The van der Waals surface area contributed by atoms with E-state index in [4.69, 9.17) is 11.6 Å². The fraction of sp³-hybridized carbons (Fsp3) is 0. The quantitative estimate of drug-likeness (QED) is 0.422. The minimum absolute atomic E-state index is 0.163. The number of nitrogens with zero attached hydrogens (tertiary/aromatic N) is 4. The van der Waals surface area contributed by atoms with E-state index in [1.54, 1.807) is 6.07 Å². The third kappa shape index (κ3) is 4.27. The number of aromatic nitrogens is 3. The predicted octanol–water partition coefficient (Wildman–Crippen LogP) is 3.07. The topological polar surface area (TPSA) is 135 Å². The zero-order valence-corrected chi connectivity index (χ0v) is 14.6. The Kier molecular flexibility index (Phi) is 5.56. The Balaban J connectivity index is 1.84. The maximum absolute atomic E-state index is 13.3. The van der Waals surface area contributed by atoms with Gasteiger partial charge in [-0.1, -0.05) is 11.6 Å². The standard InChI is InChI=1S/C16H11ClFN7O3/c17-11-6-10(3-4-12(11)18)22-14-13(25(27)28)15(21-8-20-14)23-24-16(26)9-2-1-5-19-7-9/h1-8H,(H,24,26)(H2,20,21,22,23). The first kappa shape index (κ1) is 18.9. The van der Waals surface area contributed by atoms with Gasteiger partial charge in [0.1, 0.15) is 12.1 Å². The fourth-order valence-corrected chi connectivity index (χ4v) is 2.31. The van der Waals surface area contributed by atoms with Crippen LogP contribution >= 0.6 is 11.6 Å². The Morgan fingerprint density at radius 1 is 1.21 bits per heavy atom. The van der Waals surface area contributed by atoms with Crippen LogP contribution in [0.25, 0.3) is 0 Å². The van der Waals surface area contributed by atoms with E-state index in [0.717, 1.165) is 12.4 Å². The molecule has 3 N–H and O–H groups in total. The maximum atomic E-state index is 13.3. The van der Waals surface area contributed by atoms with E-state index in [0.29, 0.717) is 0 Å². The lowest BCUT2D eigenvalue weighted by Gasteiger charge is -2.11. The second-order valence-corrected chi connectivity index (χ2v) is 5.66. The Labute approximate surface area is 161 Å². The molecular formula is C16H11ClFN7O3. The van der Waals surface area contributed by atoms with Gasteiger partial charge < -0.3 is 5.32 Å². The van der Waals surface area contributed by atoms with E-state index in [1.807, 2.05) is 0 Å². The molecule has 1 aromatic carbocycles. The van der Waals surface area contributed by atoms with Gasteiger partial charge in [0.2, 0.25) is 11.6 Å². The van der Waals surface area contributed by atoms with Crippen LogP contribution in [0, 0.1) is 15.9 Å². The molecule has 1 amide bonds. The highest BCUT2D eigenvalue weighted by Gasteiger charge is 2.24. The molecule has 0 radical (unpaired) electrons. The number of halogens is 2. The molecule has 2 aromatic heterocycles. The van der Waals surface area contributed by atoms with Crippen molar-refractivity contribution in [1.29, 1.82) is 0 Å². The van der Waals surface area contributed by atoms with Crippen LogP contribution in [0.5, 0.6) is 0 Å². The highest BCUT2D eigenvalue weighted by molar-refractivity contribution is 6.31. The lowest BCUT2D eigenvalue weighted by Crippen LogP contribution is -2.30. The van der Waals surface area contributed by atoms with Gasteiger partial charge in [0.15, 0.2) is 0 Å². The van der Waals surface area contributed by atoms with E-state index >= 15 is 0 Å². The molecule has 0 saturated carbocycles. The summed E-state index contributed by atoms with van der Waals surface area (Å²) >= 11 is 5.71. The summed E-state index contributed by atoms with van der Waals surface area (Å²) in [6.45, 7) is 0. The predicted molar refractivity (Wildman–Crippen MR) is 98.7 cm³/mol. The first-order valence-electron chi connectivity index (χ1n) is 7.63. The average Bonchev–Trinajstić information content (AvgIpc) is 2.69. The number of hydrazine groups is 1. The highest BCUT2D eigenvalue weighted by atomic mass is 35.5. The van der Waals surface area contributed by atoms with Crippen LogP contribution in [0.1, 0.15) is 10.4 Å². The SMILES string of the molecule is O=C(NNc1ncnc(Nc2ccc(F)c(Cl)c2)c1[N+](=O)[O-])c1cccnc1. The lowest BCUT2D eigenvalue weighted by molar-refractivity contribution is -0.383. The third-order valence-electron chi connectivity index (χ3n) is 3.41. The largest absolute Gasteiger partial charge is 0.355 e. The maximum Gasteiger partial charge on any atom is 0.355 e. The summed E-state index contributed by atoms with van der Waals surface area (Å²) in [7, 11) is 0. The molecular weight excluding hydrogens is 393 g/mol. The highest BCUT2D eigenvalue weighted by Crippen LogP contribution is 2.31. The molecule has 0 spiro atoms. The lowest BCUT2D eigenvalue weighted by atomic mass is 10.3. The van der Waals surface area contributed by atoms with Gasteiger partial charge in [-0.2, -0.15) is 0 Å². The zero-order chi connectivity index (χ0) is 20.1. The number of carbonyl (C=O) groups excluding carboxylic acids is 1. The van der Waals surface area contributed by atoms with Crippen LogP contribution in [0.3, 0.4) is 0 Å². The Morgan fingerprint density at radius 2 is 2.00 bits per heavy atom. The molecule has 12 heteroatoms. The van der Waals surface area contributed by atoms with Crippen LogP contribution in [0.4, 0.5) is 27.4 Å². The van der Waals surface area contributed by atoms with Gasteiger partial charge >= 0.3 is 5.69 Å². The van der Waals surface area contributed by atoms with Crippen molar-refractivity contribution in [2.45, 2.75) is 0 Å². The van der Waals surface area contributed by atoms with E-state index in [9.17, 15) is 19.3 Å². The van der Waals surface area contributed by atoms with Gasteiger partial charge in [0.05, 0.1) is 15.5 Å². The molecule has 0 unspecified atom stereocenters. The molecule has 3 rings (SSSR count). The van der Waals surface area contributed by atoms with Crippen molar-refractivity contribution in [2.75, 3.05) is 10.7 Å². The molecule has 0 aliphatic heterocycles. The fourth-order valence-electron chi connectivity index (χ4n) is 2.13. The van der Waals surface area contributed by atoms with Crippen molar-refractivity contribution in [3.63, 3.8) is 0 Å². The molecule has 142 valence electrons. The van der Waals surface area contributed by atoms with E-state index in [1.165, 1.54) is 30.6 Å². The molecule has 3 aromatic rings. The second kappa shape index (κ2) is 8.22. The molecule has 0 aliphatic carbocycles. The van der Waals surface area contributed by atoms with Crippen molar-refractivity contribution in [2.24, 2.45) is 0 Å². The summed E-state index contributed by atoms with van der Waals surface area (Å²) < 4.78 is 13.3. The van der Waals surface area contributed by atoms with Crippen molar-refractivity contribution < 1.29 is 14.1 Å². The van der Waals surface area contributed by atoms with Gasteiger partial charge in [-0.3, -0.25) is 30.7 Å². The monoisotopic (exact) mass is 403 g/mol. The molecule has 0 atom stereocenters. The van der Waals surface area contributed by atoms with Gasteiger partial charge in [-0.15, -0.1) is 0 Å². The van der Waals surface area contributed by atoms with Crippen LogP contribution in [0.15, 0.2) is 49.1 Å². The number of pyridine rings is 1. The van der Waals surface area contributed by atoms with Crippen LogP contribution in [-0.4, -0.2) is 25.8 Å². The molecule has 0 fully saturated rings. The summed E-state index contributed by atoms with van der Waals surface area (Å²) in [6, 6.07) is 6.77. The van der Waals surface area contributed by atoms with Gasteiger partial charge in [-0.25, -0.2) is 14.4 Å². The molecule has 0 saturated heterocycles. The minimum Gasteiger partial charge on any atom is -0.334 e. The number of nitrogens with one attached hydrogen (secondary N) is 3. The zero-order valence-electron chi connectivity index (χ0n) is 13.9. The first-order chi connectivity index (χ1) is 13.5. The molecule has 0 bridgehead atoms. The van der Waals surface area contributed by atoms with Crippen molar-refractivity contribution in [1.82, 2.24) is 20.4 Å². The average molecular weight is 404 g/mol. The van der Waals surface area contributed by atoms with Crippen LogP contribution in [0.2, 0.25) is 5.02 Å². The number of anilines is 3. The Bertz CT molecular complexity index is 1040. The van der Waals surface area contributed by atoms with Crippen LogP contribution < -0.4 is 16.2 Å². The molecule has 28 heavy (non-hydrogen) atoms. The summed E-state index contributed by atoms with van der Waals surface area (Å²) in [4.78, 5) is 34.2. The smallest absolute Gasteiger partial charge is 0.334 e. The summed E-state index contributed by atoms with van der Waals surface area (Å²) in [5.41, 5.74) is 4.67. The van der Waals surface area contributed by atoms with E-state index in [-0.39, 0.29) is 27.9 Å². The number of benzene rings is 1. The summed E-state index contributed by atoms with van der Waals surface area (Å²) in [5.74, 6) is -1.64. The second-order valence-electron chi connectivity index (χ2n) is 5.25. The number of rotatable bonds is 6. The van der Waals surface area contributed by atoms with Gasteiger partial charge in [0.25, 0.3) is 5.91 Å². The molecule has 2 heterocycles. The molecule has 10 nitrogen and oxygen atoms in total. The normalized spacial score (nSPS) is 10.2. The minimum atomic E-state index is -0.730. The number of carbonyl (C=O) groups is 1. The first-order valence-corrected chi connectivity index (χ1v) is 8.01. The molecule has 0 aliphatic rings. The van der Waals surface area contributed by atoms with Crippen molar-refractivity contribution in [3.8, 4) is 0 Å². The van der Waals surface area contributed by atoms with Crippen LogP contribution in [-0.2, 0) is 0 Å². The van der Waals surface area contributed by atoms with Crippen molar-refractivity contribution >= 4 is 40.5 Å². The third-order valence-corrected chi connectivity index (χ3v) is 3.69. The van der Waals surface area contributed by atoms with E-state index < -0.39 is 22.3 Å². The Hall–Kier alpha value is -3.86. The van der Waals surface area contributed by atoms with Gasteiger partial charge in [0, 0.05) is 18.1 Å². The number of nitro groups is 1. The number of hydrogen-bond donors (Lipinski definition) is 3. The summed E-state index contributed by atoms with van der Waals surface area (Å²) in [5, 5.41) is 14.0. The van der Waals surface area contributed by atoms with Crippen molar-refractivity contribution in [3.05, 3.63) is 75.6 Å². The Morgan fingerprint density at radius 3 is 2.68 bits per heavy atom. The summed E-state index contributed by atoms with van der Waals surface area (Å²) in [6.07, 6.45) is 3.88. The number of hydrogen-bond acceptors (Lipinski definition) is 8. The number of amides is 1.